The van der Waals surface area contributed by atoms with Crippen molar-refractivity contribution in [3.8, 4) is 0 Å². The van der Waals surface area contributed by atoms with Gasteiger partial charge in [0.15, 0.2) is 9.84 Å². The van der Waals surface area contributed by atoms with Crippen molar-refractivity contribution in [2.75, 3.05) is 24.6 Å². The Hall–Kier alpha value is -3.17. The van der Waals surface area contributed by atoms with Gasteiger partial charge in [-0.25, -0.2) is 13.2 Å². The lowest BCUT2D eigenvalue weighted by Crippen LogP contribution is -2.64. The molecule has 298 valence electrons. The molecule has 0 bridgehead atoms. The van der Waals surface area contributed by atoms with Gasteiger partial charge in [0.25, 0.3) is 5.91 Å². The zero-order valence-electron chi connectivity index (χ0n) is 31.1. The molecule has 0 aromatic carbocycles. The van der Waals surface area contributed by atoms with Crippen LogP contribution in [-0.2, 0) is 29.0 Å². The number of carbonyl (C=O) groups is 5. The number of nitrogens with one attached hydrogen (secondary N) is 4. The molecule has 0 aromatic rings. The van der Waals surface area contributed by atoms with Crippen molar-refractivity contribution in [2.24, 2.45) is 28.6 Å². The van der Waals surface area contributed by atoms with Gasteiger partial charge in [0, 0.05) is 13.1 Å². The maximum atomic E-state index is 14.8. The smallest absolute Gasteiger partial charge is 0.346 e. The van der Waals surface area contributed by atoms with Crippen LogP contribution in [0, 0.1) is 28.6 Å². The van der Waals surface area contributed by atoms with Crippen molar-refractivity contribution >= 4 is 39.4 Å². The normalized spacial score (nSPS) is 27.0. The second-order valence-electron chi connectivity index (χ2n) is 17.2. The van der Waals surface area contributed by atoms with E-state index in [2.05, 4.69) is 27.8 Å². The molecule has 12 nitrogen and oxygen atoms in total. The number of likely N-dealkylation sites (tertiary alicyclic amines) is 1. The molecule has 0 spiro atoms. The number of nitrogens with zero attached hydrogens (tertiary/aromatic N) is 1. The van der Waals surface area contributed by atoms with E-state index >= 15 is 0 Å². The minimum atomic E-state index is -4.93. The minimum absolute atomic E-state index is 0.0198. The van der Waals surface area contributed by atoms with Gasteiger partial charge in [-0.3, -0.25) is 19.2 Å². The Morgan fingerprint density at radius 1 is 0.925 bits per heavy atom. The third-order valence-electron chi connectivity index (χ3n) is 12.6. The molecular weight excluding hydrogens is 715 g/mol. The molecule has 1 heterocycles. The van der Waals surface area contributed by atoms with Gasteiger partial charge >= 0.3 is 12.2 Å². The summed E-state index contributed by atoms with van der Waals surface area (Å²) in [6, 6.07) is -4.01. The van der Waals surface area contributed by atoms with Crippen molar-refractivity contribution in [3.63, 3.8) is 0 Å². The Morgan fingerprint density at radius 2 is 1.53 bits per heavy atom. The van der Waals surface area contributed by atoms with Crippen molar-refractivity contribution in [1.82, 2.24) is 26.2 Å². The average molecular weight is 772 g/mol. The summed E-state index contributed by atoms with van der Waals surface area (Å²) in [5, 5.41) is 10.9. The molecule has 5 aliphatic rings. The predicted octanol–water partition coefficient (Wildman–Crippen LogP) is 3.94. The van der Waals surface area contributed by atoms with Crippen LogP contribution in [0.4, 0.5) is 18.0 Å². The summed E-state index contributed by atoms with van der Waals surface area (Å²) in [5.74, 6) is -5.54. The van der Waals surface area contributed by atoms with Crippen LogP contribution in [-0.4, -0.2) is 97.3 Å². The molecule has 1 saturated heterocycles. The summed E-state index contributed by atoms with van der Waals surface area (Å²) < 4.78 is 65.0. The fourth-order valence-corrected chi connectivity index (χ4v) is 11.2. The molecule has 53 heavy (non-hydrogen) atoms. The Kier molecular flexibility index (Phi) is 12.0. The Morgan fingerprint density at radius 3 is 2.09 bits per heavy atom. The van der Waals surface area contributed by atoms with Crippen molar-refractivity contribution in [3.05, 3.63) is 12.7 Å². The number of alkyl halides is 3. The summed E-state index contributed by atoms with van der Waals surface area (Å²) in [5.41, 5.74) is -2.44. The van der Waals surface area contributed by atoms with Gasteiger partial charge < -0.3 is 26.2 Å². The van der Waals surface area contributed by atoms with Crippen molar-refractivity contribution in [1.29, 1.82) is 0 Å². The Bertz CT molecular complexity index is 1550. The maximum absolute atomic E-state index is 14.8. The Labute approximate surface area is 310 Å². The highest BCUT2D eigenvalue weighted by Gasteiger charge is 2.70. The second kappa shape index (κ2) is 15.5. The zero-order chi connectivity index (χ0) is 39.0. The quantitative estimate of drug-likeness (QED) is 0.144. The first-order valence-electron chi connectivity index (χ1n) is 19.1. The lowest BCUT2D eigenvalue weighted by Gasteiger charge is -2.44. The summed E-state index contributed by atoms with van der Waals surface area (Å²) in [6.45, 7) is 9.81. The number of halogens is 3. The number of urea groups is 1. The molecule has 0 aromatic heterocycles. The number of fused-ring (bicyclic) bond motifs is 1. The SMILES string of the molecule is C=CCNC(=O)C(=O)C(CC1CC1)NC(=O)[C@@H]1[C@@H]2[C@H](CN1C(=O)[C@@H](NC(=O)NC1(CS(=O)(=O)CC(F)(F)F)CCCCC1)C1(C)CCCCC1)C2(C)C. The summed E-state index contributed by atoms with van der Waals surface area (Å²) in [6.07, 6.45) is 4.41. The van der Waals surface area contributed by atoms with E-state index in [1.54, 1.807) is 0 Å². The van der Waals surface area contributed by atoms with Gasteiger partial charge in [-0.05, 0) is 60.7 Å². The van der Waals surface area contributed by atoms with E-state index in [9.17, 15) is 45.6 Å². The largest absolute Gasteiger partial charge is 0.402 e. The lowest BCUT2D eigenvalue weighted by atomic mass is 9.70. The van der Waals surface area contributed by atoms with Gasteiger partial charge in [0.05, 0.1) is 17.3 Å². The van der Waals surface area contributed by atoms with E-state index in [1.807, 2.05) is 20.8 Å². The monoisotopic (exact) mass is 771 g/mol. The third kappa shape index (κ3) is 9.74. The van der Waals surface area contributed by atoms with E-state index in [-0.39, 0.29) is 49.1 Å². The fourth-order valence-electron chi connectivity index (χ4n) is 9.41. The number of hydrogen-bond donors (Lipinski definition) is 4. The molecule has 16 heteroatoms. The molecule has 5 atom stereocenters. The first kappa shape index (κ1) is 41.0. The van der Waals surface area contributed by atoms with Crippen LogP contribution in [0.2, 0.25) is 0 Å². The molecule has 5 rings (SSSR count). The lowest BCUT2D eigenvalue weighted by molar-refractivity contribution is -0.146. The van der Waals surface area contributed by atoms with Crippen molar-refractivity contribution < 1.29 is 45.6 Å². The maximum Gasteiger partial charge on any atom is 0.402 e. The zero-order valence-corrected chi connectivity index (χ0v) is 31.9. The number of ketones is 1. The van der Waals surface area contributed by atoms with E-state index in [0.29, 0.717) is 32.1 Å². The number of hydrogen-bond acceptors (Lipinski definition) is 7. The first-order chi connectivity index (χ1) is 24.7. The summed E-state index contributed by atoms with van der Waals surface area (Å²) in [4.78, 5) is 70.3. The highest BCUT2D eigenvalue weighted by Crippen LogP contribution is 2.65. The molecule has 4 saturated carbocycles. The molecule has 5 amide bonds. The van der Waals surface area contributed by atoms with Crippen LogP contribution < -0.4 is 21.3 Å². The second-order valence-corrected chi connectivity index (χ2v) is 19.3. The highest BCUT2D eigenvalue weighted by atomic mass is 32.2. The number of Topliss-reactive ketones (excluding diaryl/α,β-unsaturated/α-hetero) is 1. The van der Waals surface area contributed by atoms with Gasteiger partial charge in [-0.15, -0.1) is 6.58 Å². The summed E-state index contributed by atoms with van der Waals surface area (Å²) in [7, 11) is -4.63. The van der Waals surface area contributed by atoms with Crippen molar-refractivity contribution in [2.45, 2.75) is 134 Å². The molecular formula is C37H56F3N5O7S. The van der Waals surface area contributed by atoms with Gasteiger partial charge in [-0.2, -0.15) is 13.2 Å². The fraction of sp³-hybridized carbons (Fsp3) is 0.811. The number of sulfone groups is 1. The van der Waals surface area contributed by atoms with Crippen LogP contribution >= 0.6 is 0 Å². The van der Waals surface area contributed by atoms with E-state index in [4.69, 9.17) is 0 Å². The third-order valence-corrected chi connectivity index (χ3v) is 14.3. The van der Waals surface area contributed by atoms with Gasteiger partial charge in [0.1, 0.15) is 17.8 Å². The summed E-state index contributed by atoms with van der Waals surface area (Å²) >= 11 is 0. The minimum Gasteiger partial charge on any atom is -0.346 e. The number of carbonyl (C=O) groups excluding carboxylic acids is 5. The van der Waals surface area contributed by atoms with E-state index < -0.39 is 86.1 Å². The highest BCUT2D eigenvalue weighted by molar-refractivity contribution is 7.91. The van der Waals surface area contributed by atoms with Crippen LogP contribution in [0.15, 0.2) is 12.7 Å². The molecule has 0 radical (unpaired) electrons. The molecule has 1 unspecified atom stereocenters. The average Bonchev–Trinajstić information content (AvgIpc) is 3.91. The molecule has 4 N–H and O–H groups in total. The van der Waals surface area contributed by atoms with Crippen LogP contribution in [0.3, 0.4) is 0 Å². The topological polar surface area (TPSA) is 171 Å². The first-order valence-corrected chi connectivity index (χ1v) is 20.9. The predicted molar refractivity (Wildman–Crippen MR) is 191 cm³/mol. The molecule has 4 aliphatic carbocycles. The molecule has 1 aliphatic heterocycles. The van der Waals surface area contributed by atoms with Crippen LogP contribution in [0.5, 0.6) is 0 Å². The number of rotatable bonds is 15. The standard InChI is InChI=1S/C37H56F3N5O7S/c1-5-18-41-31(48)28(46)25(19-23-12-13-23)42-30(47)27-26-24(34(26,2)3)20-45(27)32(49)29(35(4)14-8-6-9-15-35)43-33(50)44-36(16-10-7-11-17-36)21-53(51,52)22-37(38,39)40/h5,23-27,29H,1,6-22H2,2-4H3,(H,41,48)(H,42,47)(H2,43,44,50)/t24-,25?,26-,27-,29+/m0/s1. The van der Waals surface area contributed by atoms with Gasteiger partial charge in [0.2, 0.25) is 17.6 Å². The molecule has 5 fully saturated rings. The van der Waals surface area contributed by atoms with Gasteiger partial charge in [-0.1, -0.05) is 78.2 Å². The number of amides is 5. The van der Waals surface area contributed by atoms with Crippen LogP contribution in [0.1, 0.15) is 104 Å². The Balaban J connectivity index is 1.39. The van der Waals surface area contributed by atoms with Crippen LogP contribution in [0.25, 0.3) is 0 Å². The van der Waals surface area contributed by atoms with E-state index in [1.165, 1.54) is 11.0 Å². The van der Waals surface area contributed by atoms with E-state index in [0.717, 1.165) is 38.5 Å². The number of piperidine rings is 1.